The van der Waals surface area contributed by atoms with Crippen molar-refractivity contribution in [3.05, 3.63) is 112 Å². The lowest BCUT2D eigenvalue weighted by molar-refractivity contribution is -0.138. The maximum Gasteiger partial charge on any atom is 0.341 e. The third-order valence-corrected chi connectivity index (χ3v) is 7.03. The maximum atomic E-state index is 14.4. The van der Waals surface area contributed by atoms with Gasteiger partial charge in [0.25, 0.3) is 0 Å². The first-order valence-corrected chi connectivity index (χ1v) is 13.6. The number of nitrogens with one attached hydrogen (secondary N) is 1. The summed E-state index contributed by atoms with van der Waals surface area (Å²) in [6, 6.07) is 25.9. The van der Waals surface area contributed by atoms with Gasteiger partial charge in [-0.1, -0.05) is 48.5 Å². The highest BCUT2D eigenvalue weighted by molar-refractivity contribution is 6.08. The summed E-state index contributed by atoms with van der Waals surface area (Å²) < 4.78 is 14.2. The Hall–Kier alpha value is -5.18. The molecule has 5 aromatic rings. The van der Waals surface area contributed by atoms with Gasteiger partial charge in [0.15, 0.2) is 11.5 Å². The quantitative estimate of drug-likeness (QED) is 0.282. The number of carbonyl (C=O) groups excluding carboxylic acids is 1. The summed E-state index contributed by atoms with van der Waals surface area (Å²) in [6.07, 6.45) is 0. The number of hydrogen-bond donors (Lipinski definition) is 1. The summed E-state index contributed by atoms with van der Waals surface area (Å²) in [6.45, 7) is 6.37. The van der Waals surface area contributed by atoms with Gasteiger partial charge < -0.3 is 14.8 Å². The van der Waals surface area contributed by atoms with Crippen molar-refractivity contribution in [3.63, 3.8) is 0 Å². The Morgan fingerprint density at radius 2 is 1.56 bits per heavy atom. The summed E-state index contributed by atoms with van der Waals surface area (Å²) in [5.41, 5.74) is 3.84. The predicted molar refractivity (Wildman–Crippen MR) is 157 cm³/mol. The van der Waals surface area contributed by atoms with E-state index in [4.69, 9.17) is 9.47 Å². The third kappa shape index (κ3) is 4.45. The van der Waals surface area contributed by atoms with Crippen LogP contribution in [0.3, 0.4) is 0 Å². The minimum Gasteiger partial charge on any atom is -0.494 e. The molecule has 1 aliphatic heterocycles. The van der Waals surface area contributed by atoms with Crippen molar-refractivity contribution in [2.75, 3.05) is 18.5 Å². The van der Waals surface area contributed by atoms with Crippen molar-refractivity contribution in [1.29, 1.82) is 0 Å². The largest absolute Gasteiger partial charge is 0.494 e. The molecule has 0 saturated heterocycles. The fourth-order valence-corrected chi connectivity index (χ4v) is 5.30. The van der Waals surface area contributed by atoms with Crippen molar-refractivity contribution in [2.45, 2.75) is 26.8 Å². The third-order valence-electron chi connectivity index (χ3n) is 7.03. The Morgan fingerprint density at radius 3 is 2.22 bits per heavy atom. The average Bonchev–Trinajstić information content (AvgIpc) is 3.44. The van der Waals surface area contributed by atoms with E-state index in [1.807, 2.05) is 98.8 Å². The number of esters is 1. The number of hydrogen-bond acceptors (Lipinski definition) is 7. The van der Waals surface area contributed by atoms with Crippen LogP contribution in [0.5, 0.6) is 5.75 Å². The molecule has 0 radical (unpaired) electrons. The lowest BCUT2D eigenvalue weighted by Crippen LogP contribution is -2.37. The van der Waals surface area contributed by atoms with Crippen LogP contribution in [0, 0.1) is 0 Å². The van der Waals surface area contributed by atoms with Gasteiger partial charge in [0, 0.05) is 11.1 Å². The lowest BCUT2D eigenvalue weighted by Gasteiger charge is -2.31. The van der Waals surface area contributed by atoms with Crippen molar-refractivity contribution < 1.29 is 14.3 Å². The Morgan fingerprint density at radius 1 is 0.878 bits per heavy atom. The van der Waals surface area contributed by atoms with Crippen LogP contribution in [0.25, 0.3) is 28.3 Å². The first kappa shape index (κ1) is 26.1. The Kier molecular flexibility index (Phi) is 6.84. The molecule has 6 rings (SSSR count). The molecular formula is C32H29N5O4. The highest BCUT2D eigenvalue weighted by atomic mass is 16.5. The van der Waals surface area contributed by atoms with E-state index in [0.717, 1.165) is 11.3 Å². The highest BCUT2D eigenvalue weighted by Crippen LogP contribution is 2.41. The van der Waals surface area contributed by atoms with Crippen LogP contribution in [-0.2, 0) is 9.53 Å². The number of rotatable bonds is 7. The second kappa shape index (κ2) is 10.8. The zero-order valence-electron chi connectivity index (χ0n) is 23.0. The van der Waals surface area contributed by atoms with E-state index in [-0.39, 0.29) is 12.3 Å². The smallest absolute Gasteiger partial charge is 0.341 e. The van der Waals surface area contributed by atoms with E-state index in [2.05, 4.69) is 15.5 Å². The van der Waals surface area contributed by atoms with Crippen LogP contribution >= 0.6 is 0 Å². The van der Waals surface area contributed by atoms with Crippen molar-refractivity contribution in [3.8, 4) is 22.8 Å². The number of benzene rings is 3. The van der Waals surface area contributed by atoms with Gasteiger partial charge >= 0.3 is 11.7 Å². The fourth-order valence-electron chi connectivity index (χ4n) is 5.30. The second-order valence-corrected chi connectivity index (χ2v) is 9.56. The summed E-state index contributed by atoms with van der Waals surface area (Å²) in [4.78, 5) is 27.8. The van der Waals surface area contributed by atoms with Crippen LogP contribution in [0.2, 0.25) is 0 Å². The van der Waals surface area contributed by atoms with Gasteiger partial charge in [-0.3, -0.25) is 0 Å². The van der Waals surface area contributed by atoms with Crippen LogP contribution < -0.4 is 15.7 Å². The standard InChI is InChI=1S/C32H29N5O4/c1-4-40-24-18-16-22(17-19-24)28-34-35-30-27-26(21-12-8-6-9-13-21)25(31(38)41-5-2)20(3)33-29(27)36(32(39)37(28)30)23-14-10-7-11-15-23/h6-20,33H,4-5H2,1-3H3. The summed E-state index contributed by atoms with van der Waals surface area (Å²) in [7, 11) is 0. The number of anilines is 1. The summed E-state index contributed by atoms with van der Waals surface area (Å²) >= 11 is 0. The molecule has 9 heteroatoms. The zero-order chi connectivity index (χ0) is 28.5. The van der Waals surface area contributed by atoms with Gasteiger partial charge in [0.1, 0.15) is 11.6 Å². The molecule has 0 aliphatic carbocycles. The molecule has 206 valence electrons. The maximum absolute atomic E-state index is 14.4. The van der Waals surface area contributed by atoms with Crippen LogP contribution in [-0.4, -0.2) is 44.4 Å². The van der Waals surface area contributed by atoms with Crippen molar-refractivity contribution in [2.24, 2.45) is 0 Å². The van der Waals surface area contributed by atoms with Gasteiger partial charge in [-0.15, -0.1) is 10.2 Å². The first-order valence-electron chi connectivity index (χ1n) is 13.6. The van der Waals surface area contributed by atoms with Gasteiger partial charge in [-0.2, -0.15) is 0 Å². The Bertz CT molecular complexity index is 1820. The van der Waals surface area contributed by atoms with Crippen LogP contribution in [0.4, 0.5) is 5.82 Å². The molecule has 1 aliphatic rings. The molecule has 1 N–H and O–H groups in total. The molecule has 0 bridgehead atoms. The zero-order valence-corrected chi connectivity index (χ0v) is 23.0. The van der Waals surface area contributed by atoms with E-state index in [1.165, 1.54) is 4.40 Å². The molecule has 3 aromatic carbocycles. The van der Waals surface area contributed by atoms with Crippen molar-refractivity contribution >= 4 is 23.0 Å². The number of ether oxygens (including phenoxy) is 2. The molecule has 0 saturated carbocycles. The molecule has 1 unspecified atom stereocenters. The van der Waals surface area contributed by atoms with Gasteiger partial charge in [-0.05, 0) is 62.7 Å². The van der Waals surface area contributed by atoms with E-state index in [1.54, 1.807) is 11.5 Å². The second-order valence-electron chi connectivity index (χ2n) is 9.56. The molecule has 1 atom stereocenters. The molecule has 3 heterocycles. The minimum absolute atomic E-state index is 0.232. The van der Waals surface area contributed by atoms with Gasteiger partial charge in [-0.25, -0.2) is 18.6 Å². The lowest BCUT2D eigenvalue weighted by atomic mass is 9.87. The first-order chi connectivity index (χ1) is 20.0. The SMILES string of the molecule is CCOC(=O)C1=C(c2ccccc2)c2c(n(-c3ccccc3)c(=O)n3c(-c4ccc(OCC)cc4)nnc23)NC1C. The monoisotopic (exact) mass is 547 g/mol. The summed E-state index contributed by atoms with van der Waals surface area (Å²) in [5.74, 6) is 1.19. The summed E-state index contributed by atoms with van der Waals surface area (Å²) in [5, 5.41) is 12.5. The van der Waals surface area contributed by atoms with E-state index < -0.39 is 12.0 Å². The average molecular weight is 548 g/mol. The van der Waals surface area contributed by atoms with Gasteiger partial charge in [0.2, 0.25) is 0 Å². The highest BCUT2D eigenvalue weighted by Gasteiger charge is 2.36. The molecule has 41 heavy (non-hydrogen) atoms. The number of nitrogens with zero attached hydrogens (tertiary/aromatic N) is 4. The number of para-hydroxylation sites is 1. The number of aromatic nitrogens is 4. The predicted octanol–water partition coefficient (Wildman–Crippen LogP) is 5.12. The molecule has 2 aromatic heterocycles. The topological polar surface area (TPSA) is 99.8 Å². The van der Waals surface area contributed by atoms with Crippen molar-refractivity contribution in [1.82, 2.24) is 19.2 Å². The number of fused-ring (bicyclic) bond motifs is 3. The fraction of sp³-hybridized carbons (Fsp3) is 0.188. The Labute approximate surface area is 236 Å². The molecule has 0 fully saturated rings. The van der Waals surface area contributed by atoms with E-state index >= 15 is 0 Å². The van der Waals surface area contributed by atoms with Crippen LogP contribution in [0.15, 0.2) is 95.3 Å². The van der Waals surface area contributed by atoms with E-state index in [0.29, 0.717) is 51.9 Å². The molecule has 0 spiro atoms. The van der Waals surface area contributed by atoms with E-state index in [9.17, 15) is 9.59 Å². The molecular weight excluding hydrogens is 518 g/mol. The molecule has 0 amide bonds. The Balaban J connectivity index is 1.74. The van der Waals surface area contributed by atoms with Gasteiger partial charge in [0.05, 0.1) is 36.1 Å². The normalized spacial score (nSPS) is 14.5. The minimum atomic E-state index is -0.456. The van der Waals surface area contributed by atoms with Crippen LogP contribution in [0.1, 0.15) is 31.9 Å². The molecule has 9 nitrogen and oxygen atoms in total. The number of carbonyl (C=O) groups is 1.